The predicted molar refractivity (Wildman–Crippen MR) is 101 cm³/mol. The number of hydrogen-bond donors (Lipinski definition) is 2. The molecule has 5 heteroatoms. The number of piperidine rings is 1. The zero-order valence-electron chi connectivity index (χ0n) is 13.5. The number of nitrogens with one attached hydrogen (secondary N) is 1. The first-order valence-corrected chi connectivity index (χ1v) is 8.49. The number of aliphatic imine (C=N–C) groups is 1. The highest BCUT2D eigenvalue weighted by Gasteiger charge is 2.16. The van der Waals surface area contributed by atoms with E-state index in [1.807, 2.05) is 0 Å². The minimum atomic E-state index is 0. The second-order valence-electron chi connectivity index (χ2n) is 6.64. The van der Waals surface area contributed by atoms with Crippen LogP contribution in [-0.4, -0.2) is 43.6 Å². The van der Waals surface area contributed by atoms with E-state index in [4.69, 9.17) is 5.73 Å². The minimum Gasteiger partial charge on any atom is -0.370 e. The quantitative estimate of drug-likeness (QED) is 0.326. The summed E-state index contributed by atoms with van der Waals surface area (Å²) in [7, 11) is 2.21. The van der Waals surface area contributed by atoms with E-state index in [9.17, 15) is 0 Å². The maximum absolute atomic E-state index is 6.02. The molecule has 2 fully saturated rings. The largest absolute Gasteiger partial charge is 0.370 e. The second-order valence-corrected chi connectivity index (χ2v) is 6.64. The van der Waals surface area contributed by atoms with Crippen LogP contribution in [0.3, 0.4) is 0 Å². The zero-order chi connectivity index (χ0) is 14.2. The summed E-state index contributed by atoms with van der Waals surface area (Å²) in [6.07, 6.45) is 11.8. The Morgan fingerprint density at radius 1 is 1.10 bits per heavy atom. The summed E-state index contributed by atoms with van der Waals surface area (Å²) in [4.78, 5) is 6.95. The molecule has 4 nitrogen and oxygen atoms in total. The van der Waals surface area contributed by atoms with Crippen LogP contribution in [0.4, 0.5) is 0 Å². The standard InChI is InChI=1S/C16H32N4.HI/c1-20-12-9-14(10-13-20)8-11-18-16(17)19-15-6-4-2-3-5-7-15;/h14-15H,2-13H2,1H3,(H3,17,18,19);1H. The van der Waals surface area contributed by atoms with Gasteiger partial charge in [0.15, 0.2) is 5.96 Å². The molecule has 3 N–H and O–H groups in total. The van der Waals surface area contributed by atoms with E-state index in [-0.39, 0.29) is 24.0 Å². The third kappa shape index (κ3) is 7.68. The first-order chi connectivity index (χ1) is 9.74. The highest BCUT2D eigenvalue weighted by molar-refractivity contribution is 14.0. The summed E-state index contributed by atoms with van der Waals surface area (Å²) in [5.74, 6) is 1.52. The molecule has 1 aliphatic heterocycles. The number of guanidine groups is 1. The number of halogens is 1. The summed E-state index contributed by atoms with van der Waals surface area (Å²) < 4.78 is 0. The highest BCUT2D eigenvalue weighted by Crippen LogP contribution is 2.19. The van der Waals surface area contributed by atoms with Gasteiger partial charge >= 0.3 is 0 Å². The molecule has 1 saturated carbocycles. The smallest absolute Gasteiger partial charge is 0.188 e. The summed E-state index contributed by atoms with van der Waals surface area (Å²) in [5, 5.41) is 3.42. The van der Waals surface area contributed by atoms with Crippen LogP contribution >= 0.6 is 24.0 Å². The van der Waals surface area contributed by atoms with E-state index < -0.39 is 0 Å². The van der Waals surface area contributed by atoms with Crippen LogP contribution in [0.2, 0.25) is 0 Å². The van der Waals surface area contributed by atoms with Crippen LogP contribution in [0.25, 0.3) is 0 Å². The molecule has 1 aliphatic carbocycles. The number of nitrogens with zero attached hydrogens (tertiary/aromatic N) is 2. The first-order valence-electron chi connectivity index (χ1n) is 8.49. The Balaban J connectivity index is 0.00000220. The summed E-state index contributed by atoms with van der Waals surface area (Å²) in [6.45, 7) is 3.37. The molecule has 0 spiro atoms. The van der Waals surface area contributed by atoms with E-state index in [1.165, 1.54) is 70.9 Å². The molecular weight excluding hydrogens is 375 g/mol. The molecule has 0 aromatic rings. The van der Waals surface area contributed by atoms with Gasteiger partial charge < -0.3 is 16.0 Å². The van der Waals surface area contributed by atoms with Crippen LogP contribution in [-0.2, 0) is 0 Å². The van der Waals surface area contributed by atoms with Crippen molar-refractivity contribution in [2.75, 3.05) is 26.7 Å². The average Bonchev–Trinajstić information content (AvgIpc) is 2.70. The molecule has 1 heterocycles. The van der Waals surface area contributed by atoms with Gasteiger partial charge in [0.05, 0.1) is 0 Å². The van der Waals surface area contributed by atoms with Crippen molar-refractivity contribution in [3.63, 3.8) is 0 Å². The fourth-order valence-corrected chi connectivity index (χ4v) is 3.40. The molecule has 0 radical (unpaired) electrons. The Labute approximate surface area is 147 Å². The highest BCUT2D eigenvalue weighted by atomic mass is 127. The van der Waals surface area contributed by atoms with Gasteiger partial charge in [0.25, 0.3) is 0 Å². The molecule has 0 unspecified atom stereocenters. The maximum Gasteiger partial charge on any atom is 0.188 e. The summed E-state index contributed by atoms with van der Waals surface area (Å²) >= 11 is 0. The van der Waals surface area contributed by atoms with E-state index in [2.05, 4.69) is 22.3 Å². The van der Waals surface area contributed by atoms with Crippen LogP contribution in [0.1, 0.15) is 57.8 Å². The van der Waals surface area contributed by atoms with Gasteiger partial charge in [-0.05, 0) is 58.2 Å². The van der Waals surface area contributed by atoms with E-state index in [0.717, 1.165) is 12.5 Å². The van der Waals surface area contributed by atoms with Gasteiger partial charge in [-0.1, -0.05) is 25.7 Å². The third-order valence-electron chi connectivity index (χ3n) is 4.86. The van der Waals surface area contributed by atoms with E-state index in [1.54, 1.807) is 0 Å². The van der Waals surface area contributed by atoms with Crippen molar-refractivity contribution in [1.29, 1.82) is 0 Å². The van der Waals surface area contributed by atoms with Crippen LogP contribution in [0.5, 0.6) is 0 Å². The number of likely N-dealkylation sites (tertiary alicyclic amines) is 1. The molecular formula is C16H33IN4. The maximum atomic E-state index is 6.02. The SMILES string of the molecule is CN1CCC(CCN=C(N)NC2CCCCCC2)CC1.I. The predicted octanol–water partition coefficient (Wildman–Crippen LogP) is 2.96. The van der Waals surface area contributed by atoms with Gasteiger partial charge in [-0.15, -0.1) is 24.0 Å². The summed E-state index contributed by atoms with van der Waals surface area (Å²) in [5.41, 5.74) is 6.02. The summed E-state index contributed by atoms with van der Waals surface area (Å²) in [6, 6.07) is 0.560. The lowest BCUT2D eigenvalue weighted by molar-refractivity contribution is 0.214. The normalized spacial score (nSPS) is 23.4. The second kappa shape index (κ2) is 10.6. The number of hydrogen-bond acceptors (Lipinski definition) is 2. The van der Waals surface area contributed by atoms with Crippen molar-refractivity contribution in [3.05, 3.63) is 0 Å². The lowest BCUT2D eigenvalue weighted by Crippen LogP contribution is -2.40. The lowest BCUT2D eigenvalue weighted by Gasteiger charge is -2.28. The number of rotatable bonds is 4. The molecule has 124 valence electrons. The zero-order valence-corrected chi connectivity index (χ0v) is 15.9. The molecule has 1 saturated heterocycles. The van der Waals surface area contributed by atoms with Crippen molar-refractivity contribution in [2.45, 2.75) is 63.8 Å². The molecule has 0 aromatic carbocycles. The van der Waals surface area contributed by atoms with Crippen LogP contribution in [0, 0.1) is 5.92 Å². The topological polar surface area (TPSA) is 53.6 Å². The van der Waals surface area contributed by atoms with Gasteiger partial charge in [-0.3, -0.25) is 4.99 Å². The molecule has 0 bridgehead atoms. The van der Waals surface area contributed by atoms with Crippen molar-refractivity contribution in [3.8, 4) is 0 Å². The van der Waals surface area contributed by atoms with Gasteiger partial charge in [-0.2, -0.15) is 0 Å². The fraction of sp³-hybridized carbons (Fsp3) is 0.938. The Morgan fingerprint density at radius 2 is 1.71 bits per heavy atom. The minimum absolute atomic E-state index is 0. The van der Waals surface area contributed by atoms with Crippen molar-refractivity contribution < 1.29 is 0 Å². The molecule has 0 amide bonds. The Morgan fingerprint density at radius 3 is 2.33 bits per heavy atom. The molecule has 0 aromatic heterocycles. The van der Waals surface area contributed by atoms with Gasteiger partial charge in [0.1, 0.15) is 0 Å². The molecule has 0 atom stereocenters. The van der Waals surface area contributed by atoms with E-state index in [0.29, 0.717) is 12.0 Å². The lowest BCUT2D eigenvalue weighted by atomic mass is 9.94. The van der Waals surface area contributed by atoms with Crippen LogP contribution < -0.4 is 11.1 Å². The van der Waals surface area contributed by atoms with Gasteiger partial charge in [0.2, 0.25) is 0 Å². The molecule has 2 aliphatic rings. The van der Waals surface area contributed by atoms with Gasteiger partial charge in [-0.25, -0.2) is 0 Å². The van der Waals surface area contributed by atoms with Crippen molar-refractivity contribution >= 4 is 29.9 Å². The van der Waals surface area contributed by atoms with E-state index >= 15 is 0 Å². The Kier molecular flexibility index (Phi) is 9.64. The number of nitrogens with two attached hydrogens (primary N) is 1. The Bertz CT molecular complexity index is 293. The monoisotopic (exact) mass is 408 g/mol. The molecule has 2 rings (SSSR count). The van der Waals surface area contributed by atoms with Crippen LogP contribution in [0.15, 0.2) is 4.99 Å². The van der Waals surface area contributed by atoms with Gasteiger partial charge in [0, 0.05) is 12.6 Å². The molecule has 21 heavy (non-hydrogen) atoms. The fourth-order valence-electron chi connectivity index (χ4n) is 3.40. The third-order valence-corrected chi connectivity index (χ3v) is 4.86. The average molecular weight is 408 g/mol. The van der Waals surface area contributed by atoms with Crippen molar-refractivity contribution in [1.82, 2.24) is 10.2 Å². The van der Waals surface area contributed by atoms with Crippen molar-refractivity contribution in [2.24, 2.45) is 16.6 Å². The first kappa shape index (κ1) is 19.0. The Hall–Kier alpha value is -0.0400.